The number of rotatable bonds is 4. The molecular formula is C18H22BrN3O4. The molecule has 0 spiro atoms. The van der Waals surface area contributed by atoms with Crippen LogP contribution in [0.3, 0.4) is 0 Å². The van der Waals surface area contributed by atoms with E-state index in [0.29, 0.717) is 31.9 Å². The zero-order chi connectivity index (χ0) is 18.7. The summed E-state index contributed by atoms with van der Waals surface area (Å²) in [6.07, 6.45) is 1.27. The van der Waals surface area contributed by atoms with Gasteiger partial charge in [-0.25, -0.2) is 0 Å². The fourth-order valence-corrected chi connectivity index (χ4v) is 3.04. The number of halogens is 1. The second-order valence-electron chi connectivity index (χ2n) is 6.58. The fourth-order valence-electron chi connectivity index (χ4n) is 2.77. The highest BCUT2D eigenvalue weighted by molar-refractivity contribution is 9.10. The van der Waals surface area contributed by atoms with Crippen LogP contribution < -0.4 is 10.1 Å². The monoisotopic (exact) mass is 423 g/mol. The van der Waals surface area contributed by atoms with Gasteiger partial charge in [0.15, 0.2) is 6.10 Å². The fraction of sp³-hybridized carbons (Fsp3) is 0.500. The molecule has 0 radical (unpaired) electrons. The number of hydrogen-bond donors (Lipinski definition) is 1. The number of ether oxygens (including phenoxy) is 1. The maximum absolute atomic E-state index is 12.5. The van der Waals surface area contributed by atoms with Gasteiger partial charge in [0.1, 0.15) is 5.75 Å². The van der Waals surface area contributed by atoms with Crippen LogP contribution >= 0.6 is 15.9 Å². The van der Waals surface area contributed by atoms with Crippen LogP contribution in [0.15, 0.2) is 28.7 Å². The second-order valence-corrected chi connectivity index (χ2v) is 7.49. The van der Waals surface area contributed by atoms with Gasteiger partial charge in [-0.1, -0.05) is 15.9 Å². The van der Waals surface area contributed by atoms with E-state index >= 15 is 0 Å². The largest absolute Gasteiger partial charge is 0.481 e. The Morgan fingerprint density at radius 2 is 1.65 bits per heavy atom. The molecule has 26 heavy (non-hydrogen) atoms. The lowest BCUT2D eigenvalue weighted by molar-refractivity contribution is -0.149. The van der Waals surface area contributed by atoms with Crippen LogP contribution in [0.2, 0.25) is 0 Å². The standard InChI is InChI=1S/C18H22BrN3O4/c1-12(26-15-6-2-13(19)3-7-15)17(24)21-8-10-22(11-9-21)18(25)16(23)20-14-4-5-14/h2-3,6-7,12,14H,4-5,8-11H2,1H3,(H,20,23). The number of carbonyl (C=O) groups excluding carboxylic acids is 3. The van der Waals surface area contributed by atoms with Crippen molar-refractivity contribution in [2.45, 2.75) is 31.9 Å². The summed E-state index contributed by atoms with van der Waals surface area (Å²) in [4.78, 5) is 39.7. The Hall–Kier alpha value is -2.09. The van der Waals surface area contributed by atoms with E-state index in [4.69, 9.17) is 4.74 Å². The van der Waals surface area contributed by atoms with Crippen LogP contribution in [0.25, 0.3) is 0 Å². The van der Waals surface area contributed by atoms with Gasteiger partial charge in [0.05, 0.1) is 0 Å². The molecule has 8 heteroatoms. The molecule has 2 aliphatic rings. The molecule has 1 saturated heterocycles. The van der Waals surface area contributed by atoms with E-state index in [-0.39, 0.29) is 11.9 Å². The molecule has 3 amide bonds. The number of hydrogen-bond acceptors (Lipinski definition) is 4. The minimum Gasteiger partial charge on any atom is -0.481 e. The van der Waals surface area contributed by atoms with E-state index in [2.05, 4.69) is 21.2 Å². The van der Waals surface area contributed by atoms with Crippen molar-refractivity contribution in [1.82, 2.24) is 15.1 Å². The average Bonchev–Trinajstić information content (AvgIpc) is 3.46. The Balaban J connectivity index is 1.47. The van der Waals surface area contributed by atoms with Crippen molar-refractivity contribution in [3.8, 4) is 5.75 Å². The van der Waals surface area contributed by atoms with E-state index in [1.807, 2.05) is 12.1 Å². The van der Waals surface area contributed by atoms with Gasteiger partial charge in [0.2, 0.25) is 0 Å². The quantitative estimate of drug-likeness (QED) is 0.737. The summed E-state index contributed by atoms with van der Waals surface area (Å²) < 4.78 is 6.63. The van der Waals surface area contributed by atoms with Gasteiger partial charge < -0.3 is 19.9 Å². The summed E-state index contributed by atoms with van der Waals surface area (Å²) >= 11 is 3.36. The van der Waals surface area contributed by atoms with Crippen LogP contribution in [0.1, 0.15) is 19.8 Å². The second kappa shape index (κ2) is 8.07. The van der Waals surface area contributed by atoms with Crippen LogP contribution in [-0.4, -0.2) is 65.8 Å². The minimum absolute atomic E-state index is 0.123. The zero-order valence-corrected chi connectivity index (χ0v) is 16.2. The lowest BCUT2D eigenvalue weighted by Crippen LogP contribution is -2.55. The van der Waals surface area contributed by atoms with Gasteiger partial charge in [-0.2, -0.15) is 0 Å². The predicted octanol–water partition coefficient (Wildman–Crippen LogP) is 1.17. The molecular weight excluding hydrogens is 402 g/mol. The Bertz CT molecular complexity index is 682. The number of piperazine rings is 1. The minimum atomic E-state index is -0.614. The molecule has 1 atom stereocenters. The molecule has 1 aliphatic carbocycles. The highest BCUT2D eigenvalue weighted by atomic mass is 79.9. The van der Waals surface area contributed by atoms with Crippen molar-refractivity contribution in [1.29, 1.82) is 0 Å². The number of carbonyl (C=O) groups is 3. The van der Waals surface area contributed by atoms with E-state index in [9.17, 15) is 14.4 Å². The maximum atomic E-state index is 12.5. The Morgan fingerprint density at radius 1 is 1.08 bits per heavy atom. The topological polar surface area (TPSA) is 79.0 Å². The van der Waals surface area contributed by atoms with Crippen molar-refractivity contribution in [3.05, 3.63) is 28.7 Å². The Labute approximate surface area is 160 Å². The van der Waals surface area contributed by atoms with Gasteiger partial charge in [0.25, 0.3) is 5.91 Å². The van der Waals surface area contributed by atoms with Crippen molar-refractivity contribution >= 4 is 33.7 Å². The van der Waals surface area contributed by atoms with Gasteiger partial charge in [0, 0.05) is 36.7 Å². The zero-order valence-electron chi connectivity index (χ0n) is 14.6. The van der Waals surface area contributed by atoms with Gasteiger partial charge in [-0.15, -0.1) is 0 Å². The van der Waals surface area contributed by atoms with E-state index in [0.717, 1.165) is 17.3 Å². The molecule has 1 N–H and O–H groups in total. The van der Waals surface area contributed by atoms with Crippen molar-refractivity contribution in [3.63, 3.8) is 0 Å². The van der Waals surface area contributed by atoms with Crippen molar-refractivity contribution in [2.24, 2.45) is 0 Å². The van der Waals surface area contributed by atoms with E-state index in [1.54, 1.807) is 24.0 Å². The van der Waals surface area contributed by atoms with Gasteiger partial charge in [-0.3, -0.25) is 14.4 Å². The van der Waals surface area contributed by atoms with Crippen LogP contribution in [0.4, 0.5) is 0 Å². The van der Waals surface area contributed by atoms with Crippen LogP contribution in [0.5, 0.6) is 5.75 Å². The van der Waals surface area contributed by atoms with Crippen LogP contribution in [0, 0.1) is 0 Å². The molecule has 2 fully saturated rings. The summed E-state index contributed by atoms with van der Waals surface area (Å²) in [5.74, 6) is -0.551. The number of nitrogens with one attached hydrogen (secondary N) is 1. The summed E-state index contributed by atoms with van der Waals surface area (Å²) in [6, 6.07) is 7.45. The molecule has 140 valence electrons. The molecule has 1 saturated carbocycles. The molecule has 7 nitrogen and oxygen atoms in total. The van der Waals surface area contributed by atoms with E-state index < -0.39 is 17.9 Å². The first-order chi connectivity index (χ1) is 12.4. The van der Waals surface area contributed by atoms with Crippen molar-refractivity contribution in [2.75, 3.05) is 26.2 Å². The third-order valence-corrected chi connectivity index (χ3v) is 4.99. The third kappa shape index (κ3) is 4.75. The number of benzene rings is 1. The third-order valence-electron chi connectivity index (χ3n) is 4.46. The predicted molar refractivity (Wildman–Crippen MR) is 98.6 cm³/mol. The first-order valence-corrected chi connectivity index (χ1v) is 9.54. The molecule has 1 aliphatic heterocycles. The lowest BCUT2D eigenvalue weighted by Gasteiger charge is -2.35. The molecule has 1 heterocycles. The molecule has 1 unspecified atom stereocenters. The first-order valence-electron chi connectivity index (χ1n) is 8.75. The normalized spacial score (nSPS) is 18.2. The summed E-state index contributed by atoms with van der Waals surface area (Å²) in [5.41, 5.74) is 0. The lowest BCUT2D eigenvalue weighted by atomic mass is 10.2. The van der Waals surface area contributed by atoms with Gasteiger partial charge in [-0.05, 0) is 44.0 Å². The highest BCUT2D eigenvalue weighted by Crippen LogP contribution is 2.19. The molecule has 0 aromatic heterocycles. The first kappa shape index (κ1) is 18.7. The van der Waals surface area contributed by atoms with E-state index in [1.165, 1.54) is 4.90 Å². The average molecular weight is 424 g/mol. The number of amides is 3. The van der Waals surface area contributed by atoms with Crippen molar-refractivity contribution < 1.29 is 19.1 Å². The molecule has 1 aromatic rings. The smallest absolute Gasteiger partial charge is 0.312 e. The molecule has 1 aromatic carbocycles. The summed E-state index contributed by atoms with van der Waals surface area (Å²) in [6.45, 7) is 3.22. The van der Waals surface area contributed by atoms with Gasteiger partial charge >= 0.3 is 11.8 Å². The Kier molecular flexibility index (Phi) is 5.80. The summed E-state index contributed by atoms with van der Waals surface area (Å²) in [5, 5.41) is 2.70. The SMILES string of the molecule is CC(Oc1ccc(Br)cc1)C(=O)N1CCN(C(=O)C(=O)NC2CC2)CC1. The molecule has 0 bridgehead atoms. The van der Waals surface area contributed by atoms with Crippen LogP contribution in [-0.2, 0) is 14.4 Å². The summed E-state index contributed by atoms with van der Waals surface area (Å²) in [7, 11) is 0. The highest BCUT2D eigenvalue weighted by Gasteiger charge is 2.32. The Morgan fingerprint density at radius 3 is 2.23 bits per heavy atom. The maximum Gasteiger partial charge on any atom is 0.312 e. The molecule has 3 rings (SSSR count). The number of nitrogens with zero attached hydrogens (tertiary/aromatic N) is 2.